The number of carbonyl (C=O) groups excluding carboxylic acids is 1. The molecule has 1 aliphatic rings. The molecule has 1 aliphatic heterocycles. The van der Waals surface area contributed by atoms with Crippen LogP contribution < -0.4 is 20.3 Å². The number of aromatic amines is 1. The number of benzene rings is 2. The zero-order valence-corrected chi connectivity index (χ0v) is 19.0. The van der Waals surface area contributed by atoms with Crippen LogP contribution in [-0.2, 0) is 16.8 Å². The second-order valence-corrected chi connectivity index (χ2v) is 8.53. The van der Waals surface area contributed by atoms with Gasteiger partial charge in [0.05, 0.1) is 16.4 Å². The molecule has 0 unspecified atom stereocenters. The van der Waals surface area contributed by atoms with Gasteiger partial charge in [0.1, 0.15) is 0 Å². The van der Waals surface area contributed by atoms with Crippen LogP contribution in [0.3, 0.4) is 0 Å². The van der Waals surface area contributed by atoms with Crippen molar-refractivity contribution in [2.75, 3.05) is 20.5 Å². The van der Waals surface area contributed by atoms with Crippen molar-refractivity contribution in [3.63, 3.8) is 0 Å². The smallest absolute Gasteiger partial charge is 0.262 e. The van der Waals surface area contributed by atoms with Crippen molar-refractivity contribution in [3.05, 3.63) is 62.6 Å². The molecule has 2 aromatic carbocycles. The summed E-state index contributed by atoms with van der Waals surface area (Å²) in [5.41, 5.74) is 0.983. The molecule has 0 radical (unpaired) electrons. The molecule has 3 aromatic rings. The van der Waals surface area contributed by atoms with E-state index < -0.39 is 5.54 Å². The van der Waals surface area contributed by atoms with Gasteiger partial charge in [-0.1, -0.05) is 6.07 Å². The summed E-state index contributed by atoms with van der Waals surface area (Å²) in [7, 11) is 1.62. The second kappa shape index (κ2) is 8.76. The quantitative estimate of drug-likeness (QED) is 0.418. The molecule has 0 aliphatic carbocycles. The molecular weight excluding hydrogens is 430 g/mol. The SMILES string of the molecule is COCCCn1c(=S)[nH]c2cc(C(=O)NC(C)(C)c3ccc4c(c3)OCO4)ccc2c1=O. The molecule has 168 valence electrons. The Morgan fingerprint density at radius 2 is 2.00 bits per heavy atom. The monoisotopic (exact) mass is 455 g/mol. The van der Waals surface area contributed by atoms with Gasteiger partial charge in [0.2, 0.25) is 6.79 Å². The average molecular weight is 456 g/mol. The van der Waals surface area contributed by atoms with E-state index >= 15 is 0 Å². The maximum atomic E-state index is 13.0. The Kier molecular flexibility index (Phi) is 6.03. The predicted octanol–water partition coefficient (Wildman–Crippen LogP) is 3.49. The minimum atomic E-state index is -0.662. The van der Waals surface area contributed by atoms with Crippen LogP contribution in [0.2, 0.25) is 0 Å². The number of H-pyrrole nitrogens is 1. The van der Waals surface area contributed by atoms with E-state index in [2.05, 4.69) is 10.3 Å². The van der Waals surface area contributed by atoms with Gasteiger partial charge < -0.3 is 24.5 Å². The first-order valence-electron chi connectivity index (χ1n) is 10.3. The van der Waals surface area contributed by atoms with Crippen molar-refractivity contribution in [1.29, 1.82) is 0 Å². The summed E-state index contributed by atoms with van der Waals surface area (Å²) in [6.07, 6.45) is 0.675. The van der Waals surface area contributed by atoms with Crippen LogP contribution in [0.5, 0.6) is 11.5 Å². The van der Waals surface area contributed by atoms with Crippen molar-refractivity contribution in [2.45, 2.75) is 32.4 Å². The van der Waals surface area contributed by atoms with E-state index in [0.717, 1.165) is 5.56 Å². The van der Waals surface area contributed by atoms with Crippen LogP contribution in [0.4, 0.5) is 0 Å². The minimum absolute atomic E-state index is 0.187. The lowest BCUT2D eigenvalue weighted by molar-refractivity contribution is 0.0912. The molecule has 0 atom stereocenters. The first kappa shape index (κ1) is 22.0. The Balaban J connectivity index is 1.59. The van der Waals surface area contributed by atoms with E-state index in [4.69, 9.17) is 26.4 Å². The van der Waals surface area contributed by atoms with Crippen LogP contribution in [0.25, 0.3) is 10.9 Å². The fraction of sp³-hybridized carbons (Fsp3) is 0.348. The van der Waals surface area contributed by atoms with Crippen LogP contribution in [0, 0.1) is 4.77 Å². The Hall–Kier alpha value is -3.17. The van der Waals surface area contributed by atoms with Gasteiger partial charge >= 0.3 is 0 Å². The zero-order valence-electron chi connectivity index (χ0n) is 18.2. The highest BCUT2D eigenvalue weighted by Gasteiger charge is 2.26. The van der Waals surface area contributed by atoms with Gasteiger partial charge in [-0.05, 0) is 68.4 Å². The number of carbonyl (C=O) groups is 1. The van der Waals surface area contributed by atoms with E-state index in [1.165, 1.54) is 4.57 Å². The number of methoxy groups -OCH3 is 1. The average Bonchev–Trinajstić information content (AvgIpc) is 3.23. The van der Waals surface area contributed by atoms with Crippen LogP contribution in [0.15, 0.2) is 41.2 Å². The standard InChI is InChI=1S/C23H25N3O5S/c1-23(2,15-6-8-18-19(12-15)31-13-30-18)25-20(27)14-5-7-16-17(11-14)24-22(32)26(21(16)28)9-4-10-29-3/h5-8,11-12H,4,9-10,13H2,1-3H3,(H,24,32)(H,25,27). The van der Waals surface area contributed by atoms with Crippen molar-refractivity contribution in [1.82, 2.24) is 14.9 Å². The lowest BCUT2D eigenvalue weighted by Crippen LogP contribution is -2.41. The highest BCUT2D eigenvalue weighted by atomic mass is 32.1. The molecule has 32 heavy (non-hydrogen) atoms. The molecule has 2 N–H and O–H groups in total. The van der Waals surface area contributed by atoms with Crippen molar-refractivity contribution in [2.24, 2.45) is 0 Å². The van der Waals surface area contributed by atoms with Gasteiger partial charge in [0.15, 0.2) is 16.3 Å². The van der Waals surface area contributed by atoms with Gasteiger partial charge in [0, 0.05) is 25.8 Å². The van der Waals surface area contributed by atoms with E-state index in [1.54, 1.807) is 25.3 Å². The number of fused-ring (bicyclic) bond motifs is 2. The number of hydrogen-bond donors (Lipinski definition) is 2. The number of aromatic nitrogens is 2. The first-order chi connectivity index (χ1) is 15.3. The molecule has 9 heteroatoms. The summed E-state index contributed by atoms with van der Waals surface area (Å²) in [6, 6.07) is 10.5. The fourth-order valence-corrected chi connectivity index (χ4v) is 3.96. The van der Waals surface area contributed by atoms with Crippen molar-refractivity contribution in [3.8, 4) is 11.5 Å². The maximum absolute atomic E-state index is 13.0. The second-order valence-electron chi connectivity index (χ2n) is 8.14. The first-order valence-corrected chi connectivity index (χ1v) is 10.7. The van der Waals surface area contributed by atoms with Crippen LogP contribution in [-0.4, -0.2) is 36.0 Å². The largest absolute Gasteiger partial charge is 0.454 e. The third kappa shape index (κ3) is 4.26. The van der Waals surface area contributed by atoms with Gasteiger partial charge in [0.25, 0.3) is 11.5 Å². The fourth-order valence-electron chi connectivity index (χ4n) is 3.68. The Labute approximate surface area is 190 Å². The molecule has 4 rings (SSSR count). The molecule has 0 spiro atoms. The molecule has 0 saturated carbocycles. The summed E-state index contributed by atoms with van der Waals surface area (Å²) < 4.78 is 17.7. The highest BCUT2D eigenvalue weighted by molar-refractivity contribution is 7.71. The summed E-state index contributed by atoms with van der Waals surface area (Å²) in [5.74, 6) is 1.08. The number of nitrogens with zero attached hydrogens (tertiary/aromatic N) is 1. The maximum Gasteiger partial charge on any atom is 0.262 e. The molecule has 0 fully saturated rings. The van der Waals surface area contributed by atoms with E-state index in [9.17, 15) is 9.59 Å². The zero-order chi connectivity index (χ0) is 22.9. The molecule has 1 amide bonds. The number of hydrogen-bond acceptors (Lipinski definition) is 6. The lowest BCUT2D eigenvalue weighted by Gasteiger charge is -2.27. The van der Waals surface area contributed by atoms with Crippen LogP contribution >= 0.6 is 12.2 Å². The van der Waals surface area contributed by atoms with Gasteiger partial charge in [-0.25, -0.2) is 0 Å². The van der Waals surface area contributed by atoms with Gasteiger partial charge in [-0.15, -0.1) is 0 Å². The summed E-state index contributed by atoms with van der Waals surface area (Å²) in [4.78, 5) is 28.9. The molecule has 2 heterocycles. The molecule has 8 nitrogen and oxygen atoms in total. The summed E-state index contributed by atoms with van der Waals surface area (Å²) in [6.45, 7) is 5.02. The summed E-state index contributed by atoms with van der Waals surface area (Å²) >= 11 is 5.36. The number of nitrogens with one attached hydrogen (secondary N) is 2. The molecule has 0 saturated heterocycles. The Morgan fingerprint density at radius 1 is 1.22 bits per heavy atom. The predicted molar refractivity (Wildman–Crippen MR) is 123 cm³/mol. The third-order valence-corrected chi connectivity index (χ3v) is 5.82. The van der Waals surface area contributed by atoms with Crippen LogP contribution in [0.1, 0.15) is 36.2 Å². The third-order valence-electron chi connectivity index (χ3n) is 5.49. The molecule has 0 bridgehead atoms. The number of ether oxygens (including phenoxy) is 3. The summed E-state index contributed by atoms with van der Waals surface area (Å²) in [5, 5.41) is 3.52. The normalized spacial score (nSPS) is 12.8. The topological polar surface area (TPSA) is 94.6 Å². The Bertz CT molecular complexity index is 1300. The van der Waals surface area contributed by atoms with E-state index in [0.29, 0.717) is 52.3 Å². The molecular formula is C23H25N3O5S. The minimum Gasteiger partial charge on any atom is -0.454 e. The van der Waals surface area contributed by atoms with E-state index in [-0.39, 0.29) is 18.3 Å². The van der Waals surface area contributed by atoms with Gasteiger partial charge in [-0.2, -0.15) is 0 Å². The lowest BCUT2D eigenvalue weighted by atomic mass is 9.93. The number of rotatable bonds is 7. The highest BCUT2D eigenvalue weighted by Crippen LogP contribution is 2.35. The number of amides is 1. The van der Waals surface area contributed by atoms with E-state index in [1.807, 2.05) is 32.0 Å². The molecule has 1 aromatic heterocycles. The van der Waals surface area contributed by atoms with Crippen molar-refractivity contribution < 1.29 is 19.0 Å². The van der Waals surface area contributed by atoms with Gasteiger partial charge in [-0.3, -0.25) is 14.2 Å². The van der Waals surface area contributed by atoms with Crippen molar-refractivity contribution >= 4 is 29.0 Å². The Morgan fingerprint density at radius 3 is 2.78 bits per heavy atom.